The number of aryl methyl sites for hydroxylation is 1. The molecule has 0 radical (unpaired) electrons. The number of amides is 2. The number of halogens is 2. The minimum atomic E-state index is -0.323. The zero-order chi connectivity index (χ0) is 20.8. The second kappa shape index (κ2) is 9.45. The van der Waals surface area contributed by atoms with Gasteiger partial charge in [-0.1, -0.05) is 35.3 Å². The first-order valence-corrected chi connectivity index (χ1v) is 9.52. The molecule has 7 heteroatoms. The van der Waals surface area contributed by atoms with Crippen molar-refractivity contribution in [3.8, 4) is 5.75 Å². The van der Waals surface area contributed by atoms with E-state index in [9.17, 15) is 9.59 Å². The Morgan fingerprint density at radius 2 is 1.62 bits per heavy atom. The van der Waals surface area contributed by atoms with E-state index >= 15 is 0 Å². The van der Waals surface area contributed by atoms with E-state index < -0.39 is 0 Å². The van der Waals surface area contributed by atoms with Crippen LogP contribution >= 0.6 is 23.2 Å². The molecule has 0 aliphatic heterocycles. The van der Waals surface area contributed by atoms with Crippen LogP contribution in [0.5, 0.6) is 5.75 Å². The van der Waals surface area contributed by atoms with Crippen LogP contribution in [0.3, 0.4) is 0 Å². The second-order valence-electron chi connectivity index (χ2n) is 6.29. The highest BCUT2D eigenvalue weighted by atomic mass is 35.5. The summed E-state index contributed by atoms with van der Waals surface area (Å²) in [5.74, 6) is -0.0575. The van der Waals surface area contributed by atoms with Gasteiger partial charge in [0, 0.05) is 27.0 Å². The van der Waals surface area contributed by atoms with Crippen molar-refractivity contribution in [2.45, 2.75) is 6.92 Å². The molecule has 0 unspecified atom stereocenters. The summed E-state index contributed by atoms with van der Waals surface area (Å²) in [5, 5.41) is 6.63. The Balaban J connectivity index is 1.58. The average Bonchev–Trinajstić information content (AvgIpc) is 2.69. The Bertz CT molecular complexity index is 1050. The molecule has 2 amide bonds. The van der Waals surface area contributed by atoms with E-state index in [-0.39, 0.29) is 18.4 Å². The Labute approximate surface area is 178 Å². The molecule has 0 spiro atoms. The molecular formula is C22H18Cl2N2O3. The van der Waals surface area contributed by atoms with Crippen LogP contribution in [0.4, 0.5) is 11.4 Å². The van der Waals surface area contributed by atoms with Crippen LogP contribution in [-0.2, 0) is 4.79 Å². The van der Waals surface area contributed by atoms with Crippen LogP contribution < -0.4 is 15.4 Å². The van der Waals surface area contributed by atoms with Crippen molar-refractivity contribution in [2.24, 2.45) is 0 Å². The molecule has 148 valence electrons. The molecule has 3 aromatic rings. The van der Waals surface area contributed by atoms with Gasteiger partial charge in [0.05, 0.1) is 0 Å². The summed E-state index contributed by atoms with van der Waals surface area (Å²) < 4.78 is 5.49. The third-order valence-electron chi connectivity index (χ3n) is 3.99. The summed E-state index contributed by atoms with van der Waals surface area (Å²) >= 11 is 11.9. The summed E-state index contributed by atoms with van der Waals surface area (Å²) in [5.41, 5.74) is 2.39. The largest absolute Gasteiger partial charge is 0.484 e. The normalized spacial score (nSPS) is 10.3. The molecule has 3 aromatic carbocycles. The van der Waals surface area contributed by atoms with Crippen LogP contribution in [0.25, 0.3) is 0 Å². The van der Waals surface area contributed by atoms with Gasteiger partial charge in [0.15, 0.2) is 6.61 Å². The van der Waals surface area contributed by atoms with Crippen molar-refractivity contribution < 1.29 is 14.3 Å². The maximum atomic E-state index is 12.3. The van der Waals surface area contributed by atoms with E-state index in [2.05, 4.69) is 10.6 Å². The summed E-state index contributed by atoms with van der Waals surface area (Å²) in [6.45, 7) is 1.71. The van der Waals surface area contributed by atoms with E-state index in [0.29, 0.717) is 32.7 Å². The quantitative estimate of drug-likeness (QED) is 0.538. The first-order chi connectivity index (χ1) is 13.9. The number of hydrogen-bond acceptors (Lipinski definition) is 3. The molecule has 0 bridgehead atoms. The Hall–Kier alpha value is -3.02. The van der Waals surface area contributed by atoms with Gasteiger partial charge in [-0.15, -0.1) is 0 Å². The fourth-order valence-corrected chi connectivity index (χ4v) is 2.87. The van der Waals surface area contributed by atoms with E-state index in [1.165, 1.54) is 0 Å². The minimum Gasteiger partial charge on any atom is -0.484 e. The van der Waals surface area contributed by atoms with Gasteiger partial charge in [-0.2, -0.15) is 0 Å². The van der Waals surface area contributed by atoms with Gasteiger partial charge in [0.1, 0.15) is 5.75 Å². The molecule has 0 heterocycles. The number of anilines is 2. The summed E-state index contributed by atoms with van der Waals surface area (Å²) in [6.07, 6.45) is 0. The van der Waals surface area contributed by atoms with Gasteiger partial charge in [-0.25, -0.2) is 0 Å². The number of benzene rings is 3. The van der Waals surface area contributed by atoms with Gasteiger partial charge in [-0.05, 0) is 67.1 Å². The van der Waals surface area contributed by atoms with Crippen molar-refractivity contribution in [3.63, 3.8) is 0 Å². The van der Waals surface area contributed by atoms with E-state index in [1.807, 2.05) is 6.92 Å². The van der Waals surface area contributed by atoms with Crippen LogP contribution in [-0.4, -0.2) is 18.4 Å². The van der Waals surface area contributed by atoms with E-state index in [1.54, 1.807) is 66.7 Å². The van der Waals surface area contributed by atoms with E-state index in [4.69, 9.17) is 27.9 Å². The lowest BCUT2D eigenvalue weighted by atomic mass is 10.2. The molecule has 3 rings (SSSR count). The number of ether oxygens (including phenoxy) is 1. The predicted molar refractivity (Wildman–Crippen MR) is 116 cm³/mol. The molecule has 0 aliphatic rings. The lowest BCUT2D eigenvalue weighted by Crippen LogP contribution is -2.20. The molecule has 0 fully saturated rings. The van der Waals surface area contributed by atoms with Gasteiger partial charge in [0.2, 0.25) is 0 Å². The minimum absolute atomic E-state index is 0.153. The molecule has 0 saturated heterocycles. The Morgan fingerprint density at radius 1 is 0.897 bits per heavy atom. The Kier molecular flexibility index (Phi) is 6.75. The number of rotatable bonds is 6. The maximum absolute atomic E-state index is 12.3. The van der Waals surface area contributed by atoms with Crippen molar-refractivity contribution in [3.05, 3.63) is 87.9 Å². The fraction of sp³-hybridized carbons (Fsp3) is 0.0909. The molecule has 2 N–H and O–H groups in total. The number of hydrogen-bond donors (Lipinski definition) is 2. The number of nitrogens with one attached hydrogen (secondary N) is 2. The highest BCUT2D eigenvalue weighted by molar-refractivity contribution is 6.31. The van der Waals surface area contributed by atoms with Gasteiger partial charge in [0.25, 0.3) is 11.8 Å². The summed E-state index contributed by atoms with van der Waals surface area (Å²) in [6, 6.07) is 18.7. The summed E-state index contributed by atoms with van der Waals surface area (Å²) in [7, 11) is 0. The van der Waals surface area contributed by atoms with Crippen molar-refractivity contribution in [1.82, 2.24) is 0 Å². The molecular weight excluding hydrogens is 411 g/mol. The van der Waals surface area contributed by atoms with Crippen molar-refractivity contribution in [2.75, 3.05) is 17.2 Å². The molecule has 0 saturated carbocycles. The Morgan fingerprint density at radius 3 is 2.34 bits per heavy atom. The maximum Gasteiger partial charge on any atom is 0.262 e. The van der Waals surface area contributed by atoms with Gasteiger partial charge in [-0.3, -0.25) is 9.59 Å². The topological polar surface area (TPSA) is 67.4 Å². The predicted octanol–water partition coefficient (Wildman–Crippen LogP) is 5.57. The van der Waals surface area contributed by atoms with Crippen molar-refractivity contribution >= 4 is 46.4 Å². The standard InChI is InChI=1S/C22H18Cl2N2O3/c1-14-10-19(8-9-20(14)24)29-13-21(27)25-17-6-3-7-18(12-17)26-22(28)15-4-2-5-16(23)11-15/h2-12H,13H2,1H3,(H,25,27)(H,26,28). The zero-order valence-electron chi connectivity index (χ0n) is 15.5. The van der Waals surface area contributed by atoms with E-state index in [0.717, 1.165) is 5.56 Å². The third-order valence-corrected chi connectivity index (χ3v) is 4.65. The monoisotopic (exact) mass is 428 g/mol. The fourth-order valence-electron chi connectivity index (χ4n) is 2.56. The van der Waals surface area contributed by atoms with Gasteiger partial charge < -0.3 is 15.4 Å². The summed E-state index contributed by atoms with van der Waals surface area (Å²) in [4.78, 5) is 24.5. The van der Waals surface area contributed by atoms with Crippen LogP contribution in [0, 0.1) is 6.92 Å². The molecule has 0 aromatic heterocycles. The SMILES string of the molecule is Cc1cc(OCC(=O)Nc2cccc(NC(=O)c3cccc(Cl)c3)c2)ccc1Cl. The lowest BCUT2D eigenvalue weighted by molar-refractivity contribution is -0.118. The molecule has 0 aliphatic carbocycles. The smallest absolute Gasteiger partial charge is 0.262 e. The molecule has 0 atom stereocenters. The average molecular weight is 429 g/mol. The lowest BCUT2D eigenvalue weighted by Gasteiger charge is -2.10. The molecule has 29 heavy (non-hydrogen) atoms. The zero-order valence-corrected chi connectivity index (χ0v) is 17.1. The third kappa shape index (κ3) is 5.98. The van der Waals surface area contributed by atoms with Crippen LogP contribution in [0.15, 0.2) is 66.7 Å². The highest BCUT2D eigenvalue weighted by Gasteiger charge is 2.09. The first kappa shape index (κ1) is 20.7. The second-order valence-corrected chi connectivity index (χ2v) is 7.14. The highest BCUT2D eigenvalue weighted by Crippen LogP contribution is 2.21. The van der Waals surface area contributed by atoms with Crippen LogP contribution in [0.2, 0.25) is 10.0 Å². The van der Waals surface area contributed by atoms with Crippen LogP contribution in [0.1, 0.15) is 15.9 Å². The van der Waals surface area contributed by atoms with Crippen molar-refractivity contribution in [1.29, 1.82) is 0 Å². The number of carbonyl (C=O) groups is 2. The molecule has 5 nitrogen and oxygen atoms in total. The number of carbonyl (C=O) groups excluding carboxylic acids is 2. The van der Waals surface area contributed by atoms with Gasteiger partial charge >= 0.3 is 0 Å². The first-order valence-electron chi connectivity index (χ1n) is 8.76.